The van der Waals surface area contributed by atoms with Gasteiger partial charge in [0.1, 0.15) is 9.21 Å². The summed E-state index contributed by atoms with van der Waals surface area (Å²) in [5, 5.41) is 2.76. The summed E-state index contributed by atoms with van der Waals surface area (Å²) in [6.45, 7) is 0.563. The Hall–Kier alpha value is -0.530. The number of halogens is 2. The summed E-state index contributed by atoms with van der Waals surface area (Å²) < 4.78 is 1.13. The smallest absolute Gasteiger partial charge is 0.226 e. The number of hydrogen-bond acceptors (Lipinski definition) is 4. The molecule has 0 aromatic carbocycles. The van der Waals surface area contributed by atoms with Crippen molar-refractivity contribution in [1.82, 2.24) is 9.97 Å². The Morgan fingerprint density at radius 3 is 2.72 bits per heavy atom. The van der Waals surface area contributed by atoms with Crippen molar-refractivity contribution in [1.29, 1.82) is 0 Å². The maximum absolute atomic E-state index is 11.9. The first kappa shape index (κ1) is 13.9. The van der Waals surface area contributed by atoms with Crippen molar-refractivity contribution in [2.75, 3.05) is 11.9 Å². The third-order valence-corrected chi connectivity index (χ3v) is 4.28. The summed E-state index contributed by atoms with van der Waals surface area (Å²) in [5.41, 5.74) is 5.74. The van der Waals surface area contributed by atoms with Crippen LogP contribution in [0.1, 0.15) is 25.7 Å². The van der Waals surface area contributed by atoms with Gasteiger partial charge in [-0.2, -0.15) is 0 Å². The molecule has 1 aliphatic rings. The lowest BCUT2D eigenvalue weighted by atomic mass is 9.66. The highest BCUT2D eigenvalue weighted by Crippen LogP contribution is 2.43. The lowest BCUT2D eigenvalue weighted by Crippen LogP contribution is -2.40. The molecule has 1 aromatic rings. The van der Waals surface area contributed by atoms with E-state index in [0.717, 1.165) is 19.3 Å². The lowest BCUT2D eigenvalue weighted by molar-refractivity contribution is -0.119. The van der Waals surface area contributed by atoms with Crippen molar-refractivity contribution in [2.24, 2.45) is 11.1 Å². The second kappa shape index (κ2) is 5.63. The van der Waals surface area contributed by atoms with Gasteiger partial charge < -0.3 is 11.1 Å². The van der Waals surface area contributed by atoms with Crippen molar-refractivity contribution in [3.63, 3.8) is 0 Å². The van der Waals surface area contributed by atoms with Gasteiger partial charge in [-0.15, -0.1) is 0 Å². The second-order valence-electron chi connectivity index (χ2n) is 4.61. The molecule has 1 aliphatic carbocycles. The first-order valence-electron chi connectivity index (χ1n) is 5.73. The molecule has 0 unspecified atom stereocenters. The standard InChI is InChI=1S/C11H14Br2N4O/c12-7-5-15-10(9(13)16-7)17-8(18)4-11(6-14)2-1-3-11/h5H,1-4,6,14H2,(H,15,17,18). The minimum Gasteiger partial charge on any atom is -0.330 e. The zero-order valence-corrected chi connectivity index (χ0v) is 12.9. The predicted octanol–water partition coefficient (Wildman–Crippen LogP) is 2.46. The van der Waals surface area contributed by atoms with E-state index in [4.69, 9.17) is 5.73 Å². The normalized spacial score (nSPS) is 17.1. The van der Waals surface area contributed by atoms with E-state index in [2.05, 4.69) is 47.1 Å². The van der Waals surface area contributed by atoms with Crippen LogP contribution in [0.4, 0.5) is 5.82 Å². The van der Waals surface area contributed by atoms with Crippen LogP contribution in [-0.2, 0) is 4.79 Å². The zero-order chi connectivity index (χ0) is 13.2. The summed E-state index contributed by atoms with van der Waals surface area (Å²) >= 11 is 6.47. The maximum Gasteiger partial charge on any atom is 0.226 e. The van der Waals surface area contributed by atoms with Crippen LogP contribution in [0.25, 0.3) is 0 Å². The van der Waals surface area contributed by atoms with Gasteiger partial charge in [-0.05, 0) is 56.7 Å². The maximum atomic E-state index is 11.9. The Kier molecular flexibility index (Phi) is 4.34. The lowest BCUT2D eigenvalue weighted by Gasteiger charge is -2.40. The van der Waals surface area contributed by atoms with E-state index in [9.17, 15) is 4.79 Å². The molecule has 1 fully saturated rings. The number of nitrogens with zero attached hydrogens (tertiary/aromatic N) is 2. The molecule has 0 saturated heterocycles. The highest BCUT2D eigenvalue weighted by atomic mass is 79.9. The summed E-state index contributed by atoms with van der Waals surface area (Å²) in [6, 6.07) is 0. The first-order chi connectivity index (χ1) is 8.54. The van der Waals surface area contributed by atoms with Crippen molar-refractivity contribution in [3.05, 3.63) is 15.4 Å². The van der Waals surface area contributed by atoms with Gasteiger partial charge in [-0.25, -0.2) is 9.97 Å². The summed E-state index contributed by atoms with van der Waals surface area (Å²) in [5.74, 6) is 0.382. The van der Waals surface area contributed by atoms with E-state index in [1.807, 2.05) is 0 Å². The number of carbonyl (C=O) groups excluding carboxylic acids is 1. The van der Waals surface area contributed by atoms with Crippen LogP contribution in [0.3, 0.4) is 0 Å². The highest BCUT2D eigenvalue weighted by Gasteiger charge is 2.37. The van der Waals surface area contributed by atoms with Gasteiger partial charge >= 0.3 is 0 Å². The number of hydrogen-bond donors (Lipinski definition) is 2. The van der Waals surface area contributed by atoms with E-state index >= 15 is 0 Å². The van der Waals surface area contributed by atoms with Crippen LogP contribution < -0.4 is 11.1 Å². The van der Waals surface area contributed by atoms with Crippen LogP contribution in [0.5, 0.6) is 0 Å². The minimum absolute atomic E-state index is 0.000643. The topological polar surface area (TPSA) is 80.9 Å². The second-order valence-corrected chi connectivity index (χ2v) is 6.18. The Morgan fingerprint density at radius 1 is 1.50 bits per heavy atom. The van der Waals surface area contributed by atoms with Gasteiger partial charge in [0.15, 0.2) is 5.82 Å². The third kappa shape index (κ3) is 3.07. The van der Waals surface area contributed by atoms with Crippen LogP contribution in [-0.4, -0.2) is 22.4 Å². The molecule has 0 spiro atoms. The van der Waals surface area contributed by atoms with Gasteiger partial charge in [0.05, 0.1) is 6.20 Å². The van der Waals surface area contributed by atoms with E-state index in [1.165, 1.54) is 0 Å². The number of anilines is 1. The first-order valence-corrected chi connectivity index (χ1v) is 7.31. The number of amides is 1. The van der Waals surface area contributed by atoms with Crippen LogP contribution in [0.15, 0.2) is 15.4 Å². The van der Waals surface area contributed by atoms with E-state index in [1.54, 1.807) is 6.20 Å². The summed E-state index contributed by atoms with van der Waals surface area (Å²) in [6.07, 6.45) is 5.22. The number of aromatic nitrogens is 2. The van der Waals surface area contributed by atoms with Gasteiger partial charge in [-0.1, -0.05) is 6.42 Å². The average Bonchev–Trinajstić information content (AvgIpc) is 2.27. The van der Waals surface area contributed by atoms with E-state index in [-0.39, 0.29) is 11.3 Å². The van der Waals surface area contributed by atoms with Crippen molar-refractivity contribution < 1.29 is 4.79 Å². The van der Waals surface area contributed by atoms with Gasteiger partial charge in [0.25, 0.3) is 0 Å². The quantitative estimate of drug-likeness (QED) is 0.844. The fourth-order valence-electron chi connectivity index (χ4n) is 2.08. The largest absolute Gasteiger partial charge is 0.330 e. The molecule has 18 heavy (non-hydrogen) atoms. The number of rotatable bonds is 4. The number of carbonyl (C=O) groups is 1. The van der Waals surface area contributed by atoms with Gasteiger partial charge in [-0.3, -0.25) is 4.79 Å². The molecule has 0 radical (unpaired) electrons. The molecule has 0 atom stereocenters. The SMILES string of the molecule is NCC1(CC(=O)Nc2ncc(Br)nc2Br)CCC1. The molecule has 1 saturated carbocycles. The molecule has 7 heteroatoms. The van der Waals surface area contributed by atoms with Crippen molar-refractivity contribution >= 4 is 43.6 Å². The fraction of sp³-hybridized carbons (Fsp3) is 0.545. The third-order valence-electron chi connectivity index (χ3n) is 3.34. The summed E-state index contributed by atoms with van der Waals surface area (Å²) in [7, 11) is 0. The monoisotopic (exact) mass is 376 g/mol. The fourth-order valence-corrected chi connectivity index (χ4v) is 2.99. The molecule has 5 nitrogen and oxygen atoms in total. The Bertz CT molecular complexity index is 457. The zero-order valence-electron chi connectivity index (χ0n) is 9.75. The number of nitrogens with one attached hydrogen (secondary N) is 1. The molecule has 0 bridgehead atoms. The average molecular weight is 378 g/mol. The Labute approximate surface area is 122 Å². The van der Waals surface area contributed by atoms with E-state index in [0.29, 0.717) is 28.0 Å². The van der Waals surface area contributed by atoms with Crippen LogP contribution in [0.2, 0.25) is 0 Å². The number of nitrogens with two attached hydrogens (primary N) is 1. The molecule has 0 aliphatic heterocycles. The van der Waals surface area contributed by atoms with Crippen molar-refractivity contribution in [2.45, 2.75) is 25.7 Å². The Morgan fingerprint density at radius 2 is 2.22 bits per heavy atom. The minimum atomic E-state index is -0.0579. The molecular weight excluding hydrogens is 364 g/mol. The van der Waals surface area contributed by atoms with E-state index < -0.39 is 0 Å². The highest BCUT2D eigenvalue weighted by molar-refractivity contribution is 9.11. The van der Waals surface area contributed by atoms with Gasteiger partial charge in [0.2, 0.25) is 5.91 Å². The molecule has 1 heterocycles. The van der Waals surface area contributed by atoms with Crippen LogP contribution >= 0.6 is 31.9 Å². The summed E-state index contributed by atoms with van der Waals surface area (Å²) in [4.78, 5) is 20.2. The molecule has 1 amide bonds. The Balaban J connectivity index is 1.98. The van der Waals surface area contributed by atoms with Crippen LogP contribution in [0, 0.1) is 5.41 Å². The molecule has 1 aromatic heterocycles. The van der Waals surface area contributed by atoms with Crippen molar-refractivity contribution in [3.8, 4) is 0 Å². The molecule has 2 rings (SSSR count). The molecular formula is C11H14Br2N4O. The molecule has 98 valence electrons. The van der Waals surface area contributed by atoms with Gasteiger partial charge in [0, 0.05) is 6.42 Å². The predicted molar refractivity (Wildman–Crippen MR) is 76.0 cm³/mol. The molecule has 3 N–H and O–H groups in total.